The topological polar surface area (TPSA) is 65.4 Å². The van der Waals surface area contributed by atoms with Crippen molar-refractivity contribution in [2.24, 2.45) is 0 Å². The second-order valence-electron chi connectivity index (χ2n) is 4.63. The Balaban J connectivity index is 2.03. The summed E-state index contributed by atoms with van der Waals surface area (Å²) in [5, 5.41) is 11.3. The Morgan fingerprint density at radius 3 is 3.10 bits per heavy atom. The fourth-order valence-electron chi connectivity index (χ4n) is 2.15. The largest absolute Gasteiger partial charge is 0.366 e. The fraction of sp³-hybridized carbons (Fsp3) is 0.429. The molecular formula is C14H16FN3O2. The molecule has 1 aliphatic rings. The minimum absolute atomic E-state index is 0.171. The molecule has 20 heavy (non-hydrogen) atoms. The van der Waals surface area contributed by atoms with Crippen LogP contribution in [0.15, 0.2) is 18.2 Å². The van der Waals surface area contributed by atoms with E-state index in [1.165, 1.54) is 6.07 Å². The Labute approximate surface area is 116 Å². The van der Waals surface area contributed by atoms with E-state index in [0.29, 0.717) is 37.4 Å². The lowest BCUT2D eigenvalue weighted by atomic mass is 10.1. The first-order chi connectivity index (χ1) is 9.63. The molecule has 1 N–H and O–H groups in total. The Hall–Kier alpha value is -1.97. The van der Waals surface area contributed by atoms with E-state index >= 15 is 0 Å². The molecule has 1 aromatic rings. The summed E-state index contributed by atoms with van der Waals surface area (Å²) >= 11 is 0. The van der Waals surface area contributed by atoms with Gasteiger partial charge in [-0.15, -0.1) is 0 Å². The molecule has 5 nitrogen and oxygen atoms in total. The Bertz CT molecular complexity index is 542. The number of benzene rings is 1. The maximum atomic E-state index is 13.8. The third-order valence-electron chi connectivity index (χ3n) is 3.27. The van der Waals surface area contributed by atoms with Crippen molar-refractivity contribution in [1.82, 2.24) is 10.2 Å². The maximum absolute atomic E-state index is 13.8. The normalized spacial score (nSPS) is 19.4. The summed E-state index contributed by atoms with van der Waals surface area (Å²) in [5.74, 6) is -0.568. The van der Waals surface area contributed by atoms with E-state index < -0.39 is 11.9 Å². The van der Waals surface area contributed by atoms with Crippen molar-refractivity contribution < 1.29 is 13.9 Å². The summed E-state index contributed by atoms with van der Waals surface area (Å²) in [4.78, 5) is 13.5. The van der Waals surface area contributed by atoms with Gasteiger partial charge < -0.3 is 10.1 Å². The van der Waals surface area contributed by atoms with Crippen molar-refractivity contribution in [3.8, 4) is 6.07 Å². The van der Waals surface area contributed by atoms with E-state index in [1.54, 1.807) is 19.2 Å². The van der Waals surface area contributed by atoms with Gasteiger partial charge in [0, 0.05) is 32.2 Å². The Morgan fingerprint density at radius 1 is 1.65 bits per heavy atom. The van der Waals surface area contributed by atoms with Gasteiger partial charge in [-0.3, -0.25) is 9.69 Å². The highest BCUT2D eigenvalue weighted by Crippen LogP contribution is 2.15. The molecule has 1 aromatic carbocycles. The molecule has 0 bridgehead atoms. The number of amides is 1. The number of carbonyl (C=O) groups is 1. The second kappa shape index (κ2) is 6.46. The van der Waals surface area contributed by atoms with Gasteiger partial charge in [0.05, 0.1) is 18.2 Å². The number of nitriles is 1. The molecule has 0 aliphatic carbocycles. The summed E-state index contributed by atoms with van der Waals surface area (Å²) in [5.41, 5.74) is 0.818. The molecule has 1 aliphatic heterocycles. The van der Waals surface area contributed by atoms with E-state index in [9.17, 15) is 9.18 Å². The Kier molecular flexibility index (Phi) is 4.66. The van der Waals surface area contributed by atoms with Crippen LogP contribution < -0.4 is 5.32 Å². The minimum atomic E-state index is -0.518. The first kappa shape index (κ1) is 14.4. The zero-order valence-electron chi connectivity index (χ0n) is 11.2. The first-order valence-electron chi connectivity index (χ1n) is 6.38. The number of hydrogen-bond acceptors (Lipinski definition) is 4. The average molecular weight is 277 g/mol. The van der Waals surface area contributed by atoms with Gasteiger partial charge in [-0.1, -0.05) is 6.07 Å². The molecule has 106 valence electrons. The van der Waals surface area contributed by atoms with E-state index in [-0.39, 0.29) is 5.91 Å². The average Bonchev–Trinajstić information content (AvgIpc) is 2.48. The summed E-state index contributed by atoms with van der Waals surface area (Å²) in [6, 6.07) is 6.33. The molecule has 1 fully saturated rings. The molecule has 1 saturated heterocycles. The molecule has 0 radical (unpaired) electrons. The zero-order chi connectivity index (χ0) is 14.5. The van der Waals surface area contributed by atoms with Crippen molar-refractivity contribution in [3.05, 3.63) is 35.1 Å². The summed E-state index contributed by atoms with van der Waals surface area (Å²) in [6.45, 7) is 1.91. The van der Waals surface area contributed by atoms with E-state index in [1.807, 2.05) is 11.0 Å². The van der Waals surface area contributed by atoms with Crippen molar-refractivity contribution >= 4 is 5.91 Å². The molecule has 1 unspecified atom stereocenters. The highest BCUT2D eigenvalue weighted by molar-refractivity contribution is 5.80. The number of nitrogens with zero attached hydrogens (tertiary/aromatic N) is 2. The Morgan fingerprint density at radius 2 is 2.45 bits per heavy atom. The number of nitrogens with one attached hydrogen (secondary N) is 1. The summed E-state index contributed by atoms with van der Waals surface area (Å²) < 4.78 is 19.2. The van der Waals surface area contributed by atoms with Gasteiger partial charge in [0.2, 0.25) is 5.91 Å². The number of carbonyl (C=O) groups excluding carboxylic acids is 1. The highest BCUT2D eigenvalue weighted by Gasteiger charge is 2.26. The van der Waals surface area contributed by atoms with Crippen molar-refractivity contribution in [3.63, 3.8) is 0 Å². The van der Waals surface area contributed by atoms with E-state index in [4.69, 9.17) is 10.00 Å². The van der Waals surface area contributed by atoms with Crippen LogP contribution in [0, 0.1) is 17.1 Å². The fourth-order valence-corrected chi connectivity index (χ4v) is 2.15. The third-order valence-corrected chi connectivity index (χ3v) is 3.27. The zero-order valence-corrected chi connectivity index (χ0v) is 11.2. The standard InChI is InChI=1S/C14H16FN3O2/c1-17-14(19)13-9-18(4-5-20-13)8-11-3-2-10(7-16)6-12(11)15/h2-3,6,13H,4-5,8-9H2,1H3,(H,17,19). The van der Waals surface area contributed by atoms with Crippen LogP contribution in [0.1, 0.15) is 11.1 Å². The first-order valence-corrected chi connectivity index (χ1v) is 6.38. The van der Waals surface area contributed by atoms with Gasteiger partial charge in [-0.2, -0.15) is 5.26 Å². The SMILES string of the molecule is CNC(=O)C1CN(Cc2ccc(C#N)cc2F)CCO1. The van der Waals surface area contributed by atoms with Crippen LogP contribution in [-0.4, -0.2) is 43.7 Å². The van der Waals surface area contributed by atoms with Crippen molar-refractivity contribution in [2.75, 3.05) is 26.7 Å². The van der Waals surface area contributed by atoms with Crippen LogP contribution in [0.4, 0.5) is 4.39 Å². The molecule has 2 rings (SSSR count). The third kappa shape index (κ3) is 3.32. The molecule has 1 atom stereocenters. The number of rotatable bonds is 3. The number of ether oxygens (including phenoxy) is 1. The van der Waals surface area contributed by atoms with Crippen LogP contribution in [-0.2, 0) is 16.1 Å². The minimum Gasteiger partial charge on any atom is -0.366 e. The number of likely N-dealkylation sites (N-methyl/N-ethyl adjacent to an activating group) is 1. The number of morpholine rings is 1. The summed E-state index contributed by atoms with van der Waals surface area (Å²) in [6.07, 6.45) is -0.518. The lowest BCUT2D eigenvalue weighted by Gasteiger charge is -2.31. The maximum Gasteiger partial charge on any atom is 0.250 e. The molecule has 0 aromatic heterocycles. The quantitative estimate of drug-likeness (QED) is 0.880. The van der Waals surface area contributed by atoms with Crippen LogP contribution in [0.5, 0.6) is 0 Å². The summed E-state index contributed by atoms with van der Waals surface area (Å²) in [7, 11) is 1.56. The molecule has 1 amide bonds. The van der Waals surface area contributed by atoms with Gasteiger partial charge >= 0.3 is 0 Å². The van der Waals surface area contributed by atoms with Gasteiger partial charge in [0.25, 0.3) is 0 Å². The van der Waals surface area contributed by atoms with Gasteiger partial charge in [-0.25, -0.2) is 4.39 Å². The molecule has 1 heterocycles. The lowest BCUT2D eigenvalue weighted by molar-refractivity contribution is -0.138. The van der Waals surface area contributed by atoms with Crippen molar-refractivity contribution in [1.29, 1.82) is 5.26 Å². The predicted octanol–water partition coefficient (Wildman–Crippen LogP) is 0.644. The highest BCUT2D eigenvalue weighted by atomic mass is 19.1. The number of halogens is 1. The van der Waals surface area contributed by atoms with Crippen LogP contribution in [0.3, 0.4) is 0 Å². The monoisotopic (exact) mass is 277 g/mol. The smallest absolute Gasteiger partial charge is 0.250 e. The van der Waals surface area contributed by atoms with Crippen LogP contribution >= 0.6 is 0 Å². The van der Waals surface area contributed by atoms with E-state index in [0.717, 1.165) is 0 Å². The van der Waals surface area contributed by atoms with E-state index in [2.05, 4.69) is 5.32 Å². The molecule has 0 saturated carbocycles. The molecule has 0 spiro atoms. The van der Waals surface area contributed by atoms with Crippen molar-refractivity contribution in [2.45, 2.75) is 12.6 Å². The van der Waals surface area contributed by atoms with Gasteiger partial charge in [-0.05, 0) is 12.1 Å². The molecular weight excluding hydrogens is 261 g/mol. The predicted molar refractivity (Wildman–Crippen MR) is 70.2 cm³/mol. The van der Waals surface area contributed by atoms with Gasteiger partial charge in [0.1, 0.15) is 11.9 Å². The molecule has 6 heteroatoms. The number of hydrogen-bond donors (Lipinski definition) is 1. The van der Waals surface area contributed by atoms with Gasteiger partial charge in [0.15, 0.2) is 0 Å². The van der Waals surface area contributed by atoms with Crippen LogP contribution in [0.25, 0.3) is 0 Å². The van der Waals surface area contributed by atoms with Crippen LogP contribution in [0.2, 0.25) is 0 Å². The second-order valence-corrected chi connectivity index (χ2v) is 4.63. The lowest BCUT2D eigenvalue weighted by Crippen LogP contribution is -2.48.